The Morgan fingerprint density at radius 3 is 2.68 bits per heavy atom. The van der Waals surface area contributed by atoms with Crippen LogP contribution >= 0.6 is 11.8 Å². The maximum Gasteiger partial charge on any atom is 0.279 e. The number of nitrogens with zero attached hydrogens (tertiary/aromatic N) is 2. The average Bonchev–Trinajstić information content (AvgIpc) is 2.62. The first-order valence-corrected chi connectivity index (χ1v) is 9.26. The second kappa shape index (κ2) is 6.04. The maximum atomic E-state index is 12.8. The summed E-state index contributed by atoms with van der Waals surface area (Å²) in [7, 11) is 0. The van der Waals surface area contributed by atoms with Crippen LogP contribution in [0.25, 0.3) is 5.65 Å². The van der Waals surface area contributed by atoms with E-state index in [1.54, 1.807) is 16.2 Å². The third-order valence-electron chi connectivity index (χ3n) is 4.61. The fourth-order valence-corrected chi connectivity index (χ4v) is 3.76. The first-order valence-electron chi connectivity index (χ1n) is 8.04. The topological polar surface area (TPSA) is 63.5 Å². The molecule has 25 heavy (non-hydrogen) atoms. The summed E-state index contributed by atoms with van der Waals surface area (Å²) in [5.41, 5.74) is 2.70. The summed E-state index contributed by atoms with van der Waals surface area (Å²) < 4.78 is 1.80. The van der Waals surface area contributed by atoms with E-state index < -0.39 is 0 Å². The number of fused-ring (bicyclic) bond motifs is 3. The number of anilines is 1. The zero-order chi connectivity index (χ0) is 17.6. The number of aromatic nitrogens is 2. The number of hydrogen-bond donors (Lipinski definition) is 1. The molecule has 1 aromatic carbocycles. The molecule has 0 saturated heterocycles. The van der Waals surface area contributed by atoms with Crippen LogP contribution in [-0.2, 0) is 4.79 Å². The van der Waals surface area contributed by atoms with E-state index in [2.05, 4.69) is 10.3 Å². The number of hydrogen-bond acceptors (Lipinski definition) is 4. The molecule has 1 unspecified atom stereocenters. The van der Waals surface area contributed by atoms with Gasteiger partial charge in [0.05, 0.1) is 5.56 Å². The molecule has 0 bridgehead atoms. The molecule has 3 aromatic rings. The van der Waals surface area contributed by atoms with E-state index in [4.69, 9.17) is 0 Å². The summed E-state index contributed by atoms with van der Waals surface area (Å²) in [5, 5.41) is 2.87. The zero-order valence-corrected chi connectivity index (χ0v) is 14.8. The predicted octanol–water partition coefficient (Wildman–Crippen LogP) is 3.20. The van der Waals surface area contributed by atoms with E-state index in [9.17, 15) is 9.59 Å². The highest BCUT2D eigenvalue weighted by Gasteiger charge is 2.31. The number of pyridine rings is 1. The summed E-state index contributed by atoms with van der Waals surface area (Å²) in [6.07, 6.45) is 4.09. The van der Waals surface area contributed by atoms with E-state index in [1.165, 1.54) is 0 Å². The lowest BCUT2D eigenvalue weighted by atomic mass is 9.87. The maximum absolute atomic E-state index is 12.8. The molecule has 0 radical (unpaired) electrons. The van der Waals surface area contributed by atoms with Crippen molar-refractivity contribution in [2.24, 2.45) is 0 Å². The number of nitrogens with one attached hydrogen (secondary N) is 1. The van der Waals surface area contributed by atoms with Gasteiger partial charge in [-0.25, -0.2) is 0 Å². The zero-order valence-electron chi connectivity index (χ0n) is 13.9. The Hall–Kier alpha value is -2.60. The quantitative estimate of drug-likeness (QED) is 0.720. The van der Waals surface area contributed by atoms with Crippen LogP contribution in [0.4, 0.5) is 5.82 Å². The van der Waals surface area contributed by atoms with Crippen LogP contribution in [-0.4, -0.2) is 21.5 Å². The molecule has 1 N–H and O–H groups in total. The Labute approximate surface area is 149 Å². The molecule has 5 nitrogen and oxygen atoms in total. The lowest BCUT2D eigenvalue weighted by molar-refractivity contribution is -0.116. The lowest BCUT2D eigenvalue weighted by Gasteiger charge is -2.26. The smallest absolute Gasteiger partial charge is 0.279 e. The molecule has 126 valence electrons. The van der Waals surface area contributed by atoms with Gasteiger partial charge in [-0.3, -0.25) is 14.0 Å². The second-order valence-corrected chi connectivity index (χ2v) is 7.02. The molecule has 0 fully saturated rings. The molecular formula is C19H17N3O2S. The highest BCUT2D eigenvalue weighted by atomic mass is 32.2. The van der Waals surface area contributed by atoms with E-state index >= 15 is 0 Å². The molecular weight excluding hydrogens is 334 g/mol. The van der Waals surface area contributed by atoms with Crippen LogP contribution < -0.4 is 10.9 Å². The Morgan fingerprint density at radius 1 is 1.20 bits per heavy atom. The molecule has 1 atom stereocenters. The van der Waals surface area contributed by atoms with Crippen LogP contribution in [0.2, 0.25) is 0 Å². The summed E-state index contributed by atoms with van der Waals surface area (Å²) >= 11 is 1.66. The van der Waals surface area contributed by atoms with Crippen molar-refractivity contribution in [2.75, 3.05) is 11.6 Å². The van der Waals surface area contributed by atoms with Crippen LogP contribution in [0.15, 0.2) is 52.3 Å². The highest BCUT2D eigenvalue weighted by molar-refractivity contribution is 7.98. The average molecular weight is 351 g/mol. The summed E-state index contributed by atoms with van der Waals surface area (Å²) in [6, 6.07) is 11.8. The van der Waals surface area contributed by atoms with Gasteiger partial charge in [0.2, 0.25) is 5.91 Å². The number of benzene rings is 1. The Balaban J connectivity index is 1.96. The number of thioether (sulfide) groups is 1. The molecule has 6 heteroatoms. The van der Waals surface area contributed by atoms with Crippen molar-refractivity contribution < 1.29 is 4.79 Å². The third-order valence-corrected chi connectivity index (χ3v) is 5.35. The van der Waals surface area contributed by atoms with Crippen LogP contribution in [0.1, 0.15) is 29.0 Å². The fraction of sp³-hybridized carbons (Fsp3) is 0.211. The minimum atomic E-state index is -0.280. The SMILES string of the molecule is CSc1ccc(C2CC(=O)Nc3c2c(=O)nc2c(C)cccn32)cc1. The fourth-order valence-electron chi connectivity index (χ4n) is 3.35. The standard InChI is InChI=1S/C19H17N3O2S/c1-11-4-3-9-22-17(11)21-19(24)16-14(10-15(23)20-18(16)22)12-5-7-13(25-2)8-6-12/h3-9,14H,10H2,1-2H3,(H,20,23). The molecule has 0 saturated carbocycles. The molecule has 1 aliphatic rings. The molecule has 0 aliphatic carbocycles. The monoisotopic (exact) mass is 351 g/mol. The Morgan fingerprint density at radius 2 is 1.96 bits per heavy atom. The Kier molecular flexibility index (Phi) is 3.84. The number of carbonyl (C=O) groups is 1. The van der Waals surface area contributed by atoms with Crippen molar-refractivity contribution in [3.63, 3.8) is 0 Å². The van der Waals surface area contributed by atoms with Gasteiger partial charge in [-0.05, 0) is 42.5 Å². The summed E-state index contributed by atoms with van der Waals surface area (Å²) in [4.78, 5) is 30.5. The normalized spacial score (nSPS) is 16.6. The highest BCUT2D eigenvalue weighted by Crippen LogP contribution is 2.35. The minimum absolute atomic E-state index is 0.0904. The molecule has 1 amide bonds. The number of aryl methyl sites for hydroxylation is 1. The number of rotatable bonds is 2. The van der Waals surface area contributed by atoms with Gasteiger partial charge >= 0.3 is 0 Å². The third kappa shape index (κ3) is 2.62. The van der Waals surface area contributed by atoms with Crippen LogP contribution in [0, 0.1) is 6.92 Å². The first kappa shape index (κ1) is 15.9. The van der Waals surface area contributed by atoms with Crippen LogP contribution in [0.5, 0.6) is 0 Å². The lowest BCUT2D eigenvalue weighted by Crippen LogP contribution is -2.32. The number of amides is 1. The van der Waals surface area contributed by atoms with Gasteiger partial charge in [-0.15, -0.1) is 11.8 Å². The molecule has 4 rings (SSSR count). The van der Waals surface area contributed by atoms with E-state index in [0.29, 0.717) is 17.0 Å². The van der Waals surface area contributed by atoms with Crippen molar-refractivity contribution in [1.29, 1.82) is 0 Å². The molecule has 1 aliphatic heterocycles. The minimum Gasteiger partial charge on any atom is -0.311 e. The van der Waals surface area contributed by atoms with Gasteiger partial charge < -0.3 is 5.32 Å². The summed E-state index contributed by atoms with van der Waals surface area (Å²) in [6.45, 7) is 1.90. The van der Waals surface area contributed by atoms with Crippen LogP contribution in [0.3, 0.4) is 0 Å². The largest absolute Gasteiger partial charge is 0.311 e. The first-order chi connectivity index (χ1) is 12.1. The summed E-state index contributed by atoms with van der Waals surface area (Å²) in [5.74, 6) is 0.165. The van der Waals surface area contributed by atoms with Crippen molar-refractivity contribution in [3.05, 3.63) is 69.6 Å². The predicted molar refractivity (Wildman–Crippen MR) is 99.5 cm³/mol. The molecule has 2 aromatic heterocycles. The van der Waals surface area contributed by atoms with E-state index in [-0.39, 0.29) is 23.8 Å². The van der Waals surface area contributed by atoms with Gasteiger partial charge in [0.15, 0.2) is 0 Å². The van der Waals surface area contributed by atoms with Gasteiger partial charge in [0.25, 0.3) is 5.56 Å². The Bertz CT molecular complexity index is 1040. The van der Waals surface area contributed by atoms with Gasteiger partial charge in [-0.2, -0.15) is 4.98 Å². The van der Waals surface area contributed by atoms with Crippen molar-refractivity contribution >= 4 is 29.1 Å². The van der Waals surface area contributed by atoms with Crippen molar-refractivity contribution in [2.45, 2.75) is 24.2 Å². The van der Waals surface area contributed by atoms with Gasteiger partial charge in [0, 0.05) is 23.4 Å². The van der Waals surface area contributed by atoms with Crippen molar-refractivity contribution in [1.82, 2.24) is 9.38 Å². The van der Waals surface area contributed by atoms with Gasteiger partial charge in [0.1, 0.15) is 11.5 Å². The van der Waals surface area contributed by atoms with E-state index in [1.807, 2.05) is 55.8 Å². The second-order valence-electron chi connectivity index (χ2n) is 6.14. The van der Waals surface area contributed by atoms with Gasteiger partial charge in [-0.1, -0.05) is 18.2 Å². The van der Waals surface area contributed by atoms with E-state index in [0.717, 1.165) is 16.0 Å². The number of carbonyl (C=O) groups excluding carboxylic acids is 1. The molecule has 3 heterocycles. The van der Waals surface area contributed by atoms with Crippen molar-refractivity contribution in [3.8, 4) is 0 Å². The molecule has 0 spiro atoms.